The zero-order valence-corrected chi connectivity index (χ0v) is 12.4. The zero-order chi connectivity index (χ0) is 15.4. The zero-order valence-electron chi connectivity index (χ0n) is 12.4. The normalized spacial score (nSPS) is 14.1. The molecule has 1 aliphatic rings. The van der Waals surface area contributed by atoms with E-state index in [1.165, 1.54) is 11.0 Å². The number of halogens is 1. The predicted molar refractivity (Wildman–Crippen MR) is 84.2 cm³/mol. The molecule has 21 heavy (non-hydrogen) atoms. The van der Waals surface area contributed by atoms with Crippen LogP contribution in [0, 0.1) is 5.82 Å². The predicted octanol–water partition coefficient (Wildman–Crippen LogP) is 3.12. The second kappa shape index (κ2) is 6.35. The van der Waals surface area contributed by atoms with Gasteiger partial charge >= 0.3 is 0 Å². The van der Waals surface area contributed by atoms with Gasteiger partial charge in [-0.25, -0.2) is 4.39 Å². The van der Waals surface area contributed by atoms with E-state index in [1.807, 2.05) is 33.2 Å². The minimum atomic E-state index is -0.442. The molecular formula is C16H18FN3O. The van der Waals surface area contributed by atoms with E-state index in [0.29, 0.717) is 24.2 Å². The number of benzene rings is 1. The molecule has 5 heteroatoms. The standard InChI is InChI=1S/C16H18FN3O/c1-12-6-4-7-13(10-18-12)20(11-21)16-14(17)8-5-9-15(16)19(2)3/h4-6,8-11H,7H2,1-3H3. The van der Waals surface area contributed by atoms with Crippen LogP contribution in [0.4, 0.5) is 15.8 Å². The van der Waals surface area contributed by atoms with Crippen molar-refractivity contribution in [1.82, 2.24) is 0 Å². The van der Waals surface area contributed by atoms with Gasteiger partial charge in [-0.1, -0.05) is 12.1 Å². The van der Waals surface area contributed by atoms with Crippen LogP contribution in [-0.4, -0.2) is 26.2 Å². The van der Waals surface area contributed by atoms with Crippen LogP contribution in [0.1, 0.15) is 13.3 Å². The molecule has 0 spiro atoms. The average molecular weight is 287 g/mol. The Kier molecular flexibility index (Phi) is 4.52. The van der Waals surface area contributed by atoms with Gasteiger partial charge in [0.25, 0.3) is 0 Å². The van der Waals surface area contributed by atoms with Crippen LogP contribution >= 0.6 is 0 Å². The number of hydrogen-bond acceptors (Lipinski definition) is 3. The fourth-order valence-corrected chi connectivity index (χ4v) is 2.15. The van der Waals surface area contributed by atoms with Crippen molar-refractivity contribution >= 4 is 23.5 Å². The molecular weight excluding hydrogens is 269 g/mol. The Morgan fingerprint density at radius 1 is 1.33 bits per heavy atom. The Morgan fingerprint density at radius 3 is 2.76 bits per heavy atom. The molecule has 0 radical (unpaired) electrons. The number of nitrogens with zero attached hydrogens (tertiary/aromatic N) is 3. The second-order valence-corrected chi connectivity index (χ2v) is 4.97. The smallest absolute Gasteiger partial charge is 0.218 e. The van der Waals surface area contributed by atoms with Crippen LogP contribution < -0.4 is 9.80 Å². The highest BCUT2D eigenvalue weighted by molar-refractivity contribution is 5.94. The lowest BCUT2D eigenvalue weighted by Crippen LogP contribution is -2.24. The minimum absolute atomic E-state index is 0.243. The van der Waals surface area contributed by atoms with E-state index in [0.717, 1.165) is 5.71 Å². The van der Waals surface area contributed by atoms with Crippen LogP contribution in [-0.2, 0) is 4.79 Å². The third-order valence-corrected chi connectivity index (χ3v) is 3.21. The molecule has 1 aliphatic heterocycles. The van der Waals surface area contributed by atoms with Crippen molar-refractivity contribution in [3.63, 3.8) is 0 Å². The number of rotatable bonds is 4. The molecule has 0 fully saturated rings. The highest BCUT2D eigenvalue weighted by Gasteiger charge is 2.20. The first kappa shape index (κ1) is 15.0. The fraction of sp³-hybridized carbons (Fsp3) is 0.250. The van der Waals surface area contributed by atoms with Crippen molar-refractivity contribution in [2.45, 2.75) is 13.3 Å². The molecule has 0 unspecified atom stereocenters. The summed E-state index contributed by atoms with van der Waals surface area (Å²) in [6.07, 6.45) is 6.53. The molecule has 2 rings (SSSR count). The fourth-order valence-electron chi connectivity index (χ4n) is 2.15. The summed E-state index contributed by atoms with van der Waals surface area (Å²) < 4.78 is 14.3. The summed E-state index contributed by atoms with van der Waals surface area (Å²) in [5.74, 6) is -0.442. The first-order valence-electron chi connectivity index (χ1n) is 6.65. The summed E-state index contributed by atoms with van der Waals surface area (Å²) >= 11 is 0. The maximum atomic E-state index is 14.3. The van der Waals surface area contributed by atoms with E-state index in [1.54, 1.807) is 23.2 Å². The molecule has 0 aromatic heterocycles. The molecule has 0 aliphatic carbocycles. The third kappa shape index (κ3) is 3.18. The SMILES string of the molecule is CC1=NC=C(N(C=O)c2c(F)cccc2N(C)C)CC=C1. The monoisotopic (exact) mass is 287 g/mol. The quantitative estimate of drug-likeness (QED) is 0.798. The molecule has 1 aromatic rings. The lowest BCUT2D eigenvalue weighted by atomic mass is 10.2. The van der Waals surface area contributed by atoms with Crippen molar-refractivity contribution in [3.05, 3.63) is 48.1 Å². The van der Waals surface area contributed by atoms with Gasteiger partial charge in [0.15, 0.2) is 0 Å². The Morgan fingerprint density at radius 2 is 2.10 bits per heavy atom. The van der Waals surface area contributed by atoms with E-state index in [-0.39, 0.29) is 5.69 Å². The largest absolute Gasteiger partial charge is 0.376 e. The van der Waals surface area contributed by atoms with Crippen LogP contribution in [0.25, 0.3) is 0 Å². The number of allylic oxidation sites excluding steroid dienone is 2. The van der Waals surface area contributed by atoms with Crippen LogP contribution in [0.2, 0.25) is 0 Å². The minimum Gasteiger partial charge on any atom is -0.376 e. The van der Waals surface area contributed by atoms with Crippen LogP contribution in [0.5, 0.6) is 0 Å². The molecule has 0 saturated carbocycles. The summed E-state index contributed by atoms with van der Waals surface area (Å²) in [6.45, 7) is 1.87. The van der Waals surface area contributed by atoms with Crippen molar-refractivity contribution < 1.29 is 9.18 Å². The topological polar surface area (TPSA) is 35.9 Å². The maximum absolute atomic E-state index is 14.3. The van der Waals surface area contributed by atoms with Crippen LogP contribution in [0.15, 0.2) is 47.2 Å². The highest BCUT2D eigenvalue weighted by atomic mass is 19.1. The van der Waals surface area contributed by atoms with Gasteiger partial charge in [-0.05, 0) is 25.1 Å². The lowest BCUT2D eigenvalue weighted by Gasteiger charge is -2.26. The Balaban J connectivity index is 2.53. The summed E-state index contributed by atoms with van der Waals surface area (Å²) in [5.41, 5.74) is 2.35. The maximum Gasteiger partial charge on any atom is 0.218 e. The average Bonchev–Trinajstić information content (AvgIpc) is 2.66. The molecule has 0 saturated heterocycles. The number of hydrogen-bond donors (Lipinski definition) is 0. The molecule has 0 atom stereocenters. The molecule has 1 aromatic carbocycles. The number of amides is 1. The Hall–Kier alpha value is -2.43. The van der Waals surface area contributed by atoms with Crippen molar-refractivity contribution in [2.24, 2.45) is 4.99 Å². The number of para-hydroxylation sites is 1. The molecule has 4 nitrogen and oxygen atoms in total. The number of aliphatic imine (C=N–C) groups is 1. The van der Waals surface area contributed by atoms with Gasteiger partial charge in [-0.2, -0.15) is 0 Å². The van der Waals surface area contributed by atoms with Gasteiger partial charge in [0.2, 0.25) is 6.41 Å². The van der Waals surface area contributed by atoms with E-state index < -0.39 is 5.82 Å². The summed E-state index contributed by atoms with van der Waals surface area (Å²) in [5, 5.41) is 0. The van der Waals surface area contributed by atoms with Crippen molar-refractivity contribution in [2.75, 3.05) is 23.9 Å². The Labute approximate surface area is 123 Å². The first-order valence-corrected chi connectivity index (χ1v) is 6.65. The number of carbonyl (C=O) groups excluding carboxylic acids is 1. The van der Waals surface area contributed by atoms with Gasteiger partial charge in [-0.15, -0.1) is 0 Å². The summed E-state index contributed by atoms with van der Waals surface area (Å²) in [6, 6.07) is 4.75. The highest BCUT2D eigenvalue weighted by Crippen LogP contribution is 2.33. The van der Waals surface area contributed by atoms with Crippen molar-refractivity contribution in [3.8, 4) is 0 Å². The lowest BCUT2D eigenvalue weighted by molar-refractivity contribution is -0.107. The van der Waals surface area contributed by atoms with Gasteiger partial charge in [0.1, 0.15) is 11.5 Å². The summed E-state index contributed by atoms with van der Waals surface area (Å²) in [4.78, 5) is 18.9. The van der Waals surface area contributed by atoms with E-state index >= 15 is 0 Å². The first-order chi connectivity index (χ1) is 10.0. The van der Waals surface area contributed by atoms with Gasteiger partial charge < -0.3 is 4.90 Å². The van der Waals surface area contributed by atoms with Gasteiger partial charge in [0, 0.05) is 38.1 Å². The van der Waals surface area contributed by atoms with Gasteiger partial charge in [-0.3, -0.25) is 14.7 Å². The molecule has 1 amide bonds. The van der Waals surface area contributed by atoms with Gasteiger partial charge in [0.05, 0.1) is 5.69 Å². The number of anilines is 2. The van der Waals surface area contributed by atoms with Crippen molar-refractivity contribution in [1.29, 1.82) is 0 Å². The summed E-state index contributed by atoms with van der Waals surface area (Å²) in [7, 11) is 3.62. The molecule has 110 valence electrons. The molecule has 1 heterocycles. The Bertz CT molecular complexity index is 632. The second-order valence-electron chi connectivity index (χ2n) is 4.97. The van der Waals surface area contributed by atoms with E-state index in [4.69, 9.17) is 0 Å². The van der Waals surface area contributed by atoms with E-state index in [2.05, 4.69) is 4.99 Å². The number of carbonyl (C=O) groups is 1. The molecule has 0 N–H and O–H groups in total. The third-order valence-electron chi connectivity index (χ3n) is 3.21. The van der Waals surface area contributed by atoms with E-state index in [9.17, 15) is 9.18 Å². The molecule has 0 bridgehead atoms. The van der Waals surface area contributed by atoms with Crippen LogP contribution in [0.3, 0.4) is 0 Å².